The molecule has 0 saturated heterocycles. The molecular formula is C11H16N4OS. The average Bonchev–Trinajstić information content (AvgIpc) is 2.61. The highest BCUT2D eigenvalue weighted by molar-refractivity contribution is 7.84. The van der Waals surface area contributed by atoms with Gasteiger partial charge in [-0.3, -0.25) is 9.19 Å². The van der Waals surface area contributed by atoms with Crippen molar-refractivity contribution in [3.63, 3.8) is 0 Å². The molecule has 6 heteroatoms. The number of hydrogen-bond acceptors (Lipinski definition) is 4. The molecule has 2 heterocycles. The van der Waals surface area contributed by atoms with E-state index in [1.165, 1.54) is 0 Å². The van der Waals surface area contributed by atoms with Crippen LogP contribution in [-0.4, -0.2) is 30.8 Å². The molecule has 0 spiro atoms. The van der Waals surface area contributed by atoms with Crippen LogP contribution in [0.15, 0.2) is 18.5 Å². The Hall–Kier alpha value is -1.43. The first-order chi connectivity index (χ1) is 8.09. The number of aromatic nitrogens is 3. The summed E-state index contributed by atoms with van der Waals surface area (Å²) >= 11 is 0. The predicted octanol–water partition coefficient (Wildman–Crippen LogP) is 1.34. The molecule has 2 rings (SSSR count). The lowest BCUT2D eigenvalue weighted by Gasteiger charge is -2.15. The van der Waals surface area contributed by atoms with Crippen molar-refractivity contribution >= 4 is 27.8 Å². The smallest absolute Gasteiger partial charge is 0.201 e. The fraction of sp³-hybridized carbons (Fsp3) is 0.455. The number of imidazole rings is 1. The lowest BCUT2D eigenvalue weighted by atomic mass is 10.2. The number of pyridine rings is 1. The van der Waals surface area contributed by atoms with Crippen LogP contribution in [0.5, 0.6) is 0 Å². The van der Waals surface area contributed by atoms with Gasteiger partial charge in [-0.1, -0.05) is 0 Å². The fourth-order valence-electron chi connectivity index (χ4n) is 1.90. The molecule has 0 aromatic carbocycles. The lowest BCUT2D eigenvalue weighted by Crippen LogP contribution is -2.11. The van der Waals surface area contributed by atoms with Crippen molar-refractivity contribution in [1.82, 2.24) is 14.5 Å². The maximum Gasteiger partial charge on any atom is 0.201 e. The van der Waals surface area contributed by atoms with E-state index in [2.05, 4.69) is 16.9 Å². The molecule has 2 aromatic rings. The van der Waals surface area contributed by atoms with Crippen molar-refractivity contribution in [2.24, 2.45) is 0 Å². The standard InChI is InChI=1S/C11H16N4OS/c1-8(4-6-17(2)16)15-10-3-5-13-7-9(10)14-11(15)12/h3,5,7-8H,4,6H2,1-2H3,(H2,12,14). The van der Waals surface area contributed by atoms with Gasteiger partial charge >= 0.3 is 0 Å². The molecule has 0 aliphatic carbocycles. The van der Waals surface area contributed by atoms with Crippen LogP contribution in [0.4, 0.5) is 5.95 Å². The van der Waals surface area contributed by atoms with E-state index in [-0.39, 0.29) is 6.04 Å². The van der Waals surface area contributed by atoms with Gasteiger partial charge in [-0.15, -0.1) is 0 Å². The minimum Gasteiger partial charge on any atom is -0.369 e. The average molecular weight is 252 g/mol. The van der Waals surface area contributed by atoms with Crippen molar-refractivity contribution in [1.29, 1.82) is 0 Å². The molecule has 92 valence electrons. The third-order valence-electron chi connectivity index (χ3n) is 2.78. The number of fused-ring (bicyclic) bond motifs is 1. The summed E-state index contributed by atoms with van der Waals surface area (Å²) in [6.45, 7) is 2.06. The van der Waals surface area contributed by atoms with Crippen LogP contribution < -0.4 is 5.73 Å². The van der Waals surface area contributed by atoms with Crippen LogP contribution in [0.1, 0.15) is 19.4 Å². The Kier molecular flexibility index (Phi) is 3.42. The van der Waals surface area contributed by atoms with Crippen LogP contribution in [0.2, 0.25) is 0 Å². The van der Waals surface area contributed by atoms with Gasteiger partial charge < -0.3 is 10.3 Å². The number of nitrogen functional groups attached to an aromatic ring is 1. The number of nitrogens with two attached hydrogens (primary N) is 1. The van der Waals surface area contributed by atoms with E-state index in [1.807, 2.05) is 10.6 Å². The topological polar surface area (TPSA) is 73.8 Å². The van der Waals surface area contributed by atoms with Gasteiger partial charge in [0.15, 0.2) is 0 Å². The molecule has 5 nitrogen and oxygen atoms in total. The SMILES string of the molecule is CC(CCS(C)=O)n1c(N)nc2cnccc21. The van der Waals surface area contributed by atoms with Gasteiger partial charge in [0.1, 0.15) is 5.52 Å². The summed E-state index contributed by atoms with van der Waals surface area (Å²) in [4.78, 5) is 8.28. The highest BCUT2D eigenvalue weighted by Gasteiger charge is 2.13. The normalized spacial score (nSPS) is 14.9. The van der Waals surface area contributed by atoms with Crippen LogP contribution >= 0.6 is 0 Å². The second-order valence-electron chi connectivity index (χ2n) is 4.12. The zero-order valence-electron chi connectivity index (χ0n) is 9.96. The van der Waals surface area contributed by atoms with Gasteiger partial charge in [0.05, 0.1) is 11.7 Å². The Morgan fingerprint density at radius 3 is 3.06 bits per heavy atom. The first kappa shape index (κ1) is 12.0. The number of nitrogens with zero attached hydrogens (tertiary/aromatic N) is 3. The molecule has 0 aliphatic rings. The lowest BCUT2D eigenvalue weighted by molar-refractivity contribution is 0.552. The number of rotatable bonds is 4. The second-order valence-corrected chi connectivity index (χ2v) is 5.67. The van der Waals surface area contributed by atoms with Gasteiger partial charge in [-0.2, -0.15) is 0 Å². The highest BCUT2D eigenvalue weighted by Crippen LogP contribution is 2.23. The fourth-order valence-corrected chi connectivity index (χ4v) is 2.57. The maximum atomic E-state index is 11.1. The first-order valence-electron chi connectivity index (χ1n) is 5.47. The third-order valence-corrected chi connectivity index (χ3v) is 3.59. The van der Waals surface area contributed by atoms with E-state index in [9.17, 15) is 4.21 Å². The van der Waals surface area contributed by atoms with Gasteiger partial charge in [-0.05, 0) is 19.4 Å². The van der Waals surface area contributed by atoms with Crippen molar-refractivity contribution in [2.75, 3.05) is 17.7 Å². The Labute approximate surface area is 103 Å². The molecule has 0 saturated carbocycles. The van der Waals surface area contributed by atoms with Gasteiger partial charge in [0.2, 0.25) is 5.95 Å². The predicted molar refractivity (Wildman–Crippen MR) is 70.2 cm³/mol. The summed E-state index contributed by atoms with van der Waals surface area (Å²) in [5.41, 5.74) is 7.69. The third kappa shape index (κ3) is 2.46. The molecule has 2 N–H and O–H groups in total. The van der Waals surface area contributed by atoms with E-state index < -0.39 is 10.8 Å². The van der Waals surface area contributed by atoms with E-state index in [0.717, 1.165) is 17.5 Å². The molecular weight excluding hydrogens is 236 g/mol. The summed E-state index contributed by atoms with van der Waals surface area (Å²) in [5, 5.41) is 0. The Morgan fingerprint density at radius 1 is 1.59 bits per heavy atom. The monoisotopic (exact) mass is 252 g/mol. The minimum absolute atomic E-state index is 0.186. The number of hydrogen-bond donors (Lipinski definition) is 1. The summed E-state index contributed by atoms with van der Waals surface area (Å²) in [5.74, 6) is 1.16. The van der Waals surface area contributed by atoms with Gasteiger partial charge in [0.25, 0.3) is 0 Å². The van der Waals surface area contributed by atoms with E-state index in [1.54, 1.807) is 18.6 Å². The van der Waals surface area contributed by atoms with Crippen molar-refractivity contribution in [3.8, 4) is 0 Å². The second kappa shape index (κ2) is 4.83. The van der Waals surface area contributed by atoms with E-state index in [4.69, 9.17) is 5.73 Å². The molecule has 0 aliphatic heterocycles. The largest absolute Gasteiger partial charge is 0.369 e. The first-order valence-corrected chi connectivity index (χ1v) is 7.19. The molecule has 17 heavy (non-hydrogen) atoms. The molecule has 2 unspecified atom stereocenters. The van der Waals surface area contributed by atoms with E-state index in [0.29, 0.717) is 11.7 Å². The zero-order chi connectivity index (χ0) is 12.4. The summed E-state index contributed by atoms with van der Waals surface area (Å²) in [7, 11) is -0.775. The molecule has 0 amide bonds. The Bertz CT molecular complexity index is 551. The molecule has 0 bridgehead atoms. The Balaban J connectivity index is 2.33. The molecule has 0 fully saturated rings. The van der Waals surface area contributed by atoms with Gasteiger partial charge in [0, 0.05) is 35.0 Å². The van der Waals surface area contributed by atoms with E-state index >= 15 is 0 Å². The summed E-state index contributed by atoms with van der Waals surface area (Å²) in [6, 6.07) is 2.09. The summed E-state index contributed by atoms with van der Waals surface area (Å²) < 4.78 is 13.1. The van der Waals surface area contributed by atoms with Gasteiger partial charge in [-0.25, -0.2) is 4.98 Å². The zero-order valence-corrected chi connectivity index (χ0v) is 10.8. The maximum absolute atomic E-state index is 11.1. The van der Waals surface area contributed by atoms with Crippen molar-refractivity contribution < 1.29 is 4.21 Å². The van der Waals surface area contributed by atoms with Crippen molar-refractivity contribution in [2.45, 2.75) is 19.4 Å². The van der Waals surface area contributed by atoms with Crippen LogP contribution in [0.25, 0.3) is 11.0 Å². The Morgan fingerprint density at radius 2 is 2.35 bits per heavy atom. The summed E-state index contributed by atoms with van der Waals surface area (Å²) in [6.07, 6.45) is 5.96. The quantitative estimate of drug-likeness (QED) is 0.891. The molecule has 2 aromatic heterocycles. The molecule has 2 atom stereocenters. The van der Waals surface area contributed by atoms with Crippen molar-refractivity contribution in [3.05, 3.63) is 18.5 Å². The van der Waals surface area contributed by atoms with Crippen LogP contribution in [-0.2, 0) is 10.8 Å². The number of anilines is 1. The van der Waals surface area contributed by atoms with Crippen LogP contribution in [0.3, 0.4) is 0 Å². The minimum atomic E-state index is -0.775. The highest BCUT2D eigenvalue weighted by atomic mass is 32.2. The van der Waals surface area contributed by atoms with Crippen LogP contribution in [0, 0.1) is 0 Å². The molecule has 0 radical (unpaired) electrons.